The summed E-state index contributed by atoms with van der Waals surface area (Å²) in [6.45, 7) is 5.41. The van der Waals surface area contributed by atoms with Crippen LogP contribution in [-0.2, 0) is 17.7 Å². The molecule has 3 heterocycles. The smallest absolute Gasteiger partial charge is 0.225 e. The van der Waals surface area contributed by atoms with Gasteiger partial charge in [-0.2, -0.15) is 0 Å². The maximum atomic E-state index is 5.42. The normalized spacial score (nSPS) is 23.3. The predicted molar refractivity (Wildman–Crippen MR) is 72.4 cm³/mol. The fraction of sp³-hybridized carbons (Fsp3) is 0.714. The lowest BCUT2D eigenvalue weighted by atomic mass is 10.0. The van der Waals surface area contributed by atoms with Crippen LogP contribution in [0.2, 0.25) is 0 Å². The van der Waals surface area contributed by atoms with E-state index in [1.54, 1.807) is 0 Å². The Balaban J connectivity index is 1.72. The van der Waals surface area contributed by atoms with Crippen molar-refractivity contribution in [3.05, 3.63) is 17.0 Å². The molecule has 3 aliphatic rings. The minimum Gasteiger partial charge on any atom is -0.378 e. The fourth-order valence-corrected chi connectivity index (χ4v) is 2.96. The molecule has 5 heteroatoms. The SMILES string of the molecule is C1Cc2nc(N3CCOCC3)nc(C3CC3)c2CN1. The van der Waals surface area contributed by atoms with Gasteiger partial charge in [0.25, 0.3) is 0 Å². The van der Waals surface area contributed by atoms with Crippen molar-refractivity contribution < 1.29 is 4.74 Å². The minimum atomic E-state index is 0.691. The summed E-state index contributed by atoms with van der Waals surface area (Å²) in [5.74, 6) is 1.63. The first kappa shape index (κ1) is 11.6. The molecule has 1 aromatic heterocycles. The van der Waals surface area contributed by atoms with Crippen LogP contribution >= 0.6 is 0 Å². The first-order valence-corrected chi connectivity index (χ1v) is 7.35. The van der Waals surface area contributed by atoms with Crippen molar-refractivity contribution in [3.8, 4) is 0 Å². The molecule has 0 spiro atoms. The third kappa shape index (κ3) is 2.21. The molecule has 0 unspecified atom stereocenters. The van der Waals surface area contributed by atoms with E-state index in [-0.39, 0.29) is 0 Å². The van der Waals surface area contributed by atoms with E-state index < -0.39 is 0 Å². The van der Waals surface area contributed by atoms with Gasteiger partial charge in [0.2, 0.25) is 5.95 Å². The summed E-state index contributed by atoms with van der Waals surface area (Å²) in [6.07, 6.45) is 3.63. The van der Waals surface area contributed by atoms with E-state index in [2.05, 4.69) is 10.2 Å². The molecule has 102 valence electrons. The van der Waals surface area contributed by atoms with Crippen molar-refractivity contribution in [1.29, 1.82) is 0 Å². The first-order valence-electron chi connectivity index (χ1n) is 7.35. The molecule has 2 fully saturated rings. The Bertz CT molecular complexity index is 481. The van der Waals surface area contributed by atoms with Gasteiger partial charge < -0.3 is 15.0 Å². The highest BCUT2D eigenvalue weighted by atomic mass is 16.5. The number of aromatic nitrogens is 2. The Morgan fingerprint density at radius 2 is 2.00 bits per heavy atom. The maximum absolute atomic E-state index is 5.42. The molecule has 0 atom stereocenters. The molecule has 1 aliphatic carbocycles. The van der Waals surface area contributed by atoms with E-state index in [9.17, 15) is 0 Å². The summed E-state index contributed by atoms with van der Waals surface area (Å²) >= 11 is 0. The summed E-state index contributed by atoms with van der Waals surface area (Å²) < 4.78 is 5.42. The Morgan fingerprint density at radius 1 is 1.16 bits per heavy atom. The summed E-state index contributed by atoms with van der Waals surface area (Å²) in [5, 5.41) is 3.45. The summed E-state index contributed by atoms with van der Waals surface area (Å²) in [5.41, 5.74) is 3.97. The van der Waals surface area contributed by atoms with Crippen molar-refractivity contribution in [2.75, 3.05) is 37.7 Å². The zero-order valence-corrected chi connectivity index (χ0v) is 11.2. The van der Waals surface area contributed by atoms with Gasteiger partial charge in [-0.05, 0) is 12.8 Å². The van der Waals surface area contributed by atoms with Crippen molar-refractivity contribution in [2.45, 2.75) is 31.7 Å². The van der Waals surface area contributed by atoms with Crippen LogP contribution in [0, 0.1) is 0 Å². The Kier molecular flexibility index (Phi) is 2.89. The Hall–Kier alpha value is -1.20. The predicted octanol–water partition coefficient (Wildman–Crippen LogP) is 0.836. The molecule has 1 N–H and O–H groups in total. The van der Waals surface area contributed by atoms with Crippen LogP contribution in [-0.4, -0.2) is 42.8 Å². The monoisotopic (exact) mass is 260 g/mol. The van der Waals surface area contributed by atoms with Crippen LogP contribution in [0.4, 0.5) is 5.95 Å². The topological polar surface area (TPSA) is 50.3 Å². The molecule has 19 heavy (non-hydrogen) atoms. The molecule has 1 aromatic rings. The van der Waals surface area contributed by atoms with Crippen LogP contribution in [0.5, 0.6) is 0 Å². The van der Waals surface area contributed by atoms with Gasteiger partial charge >= 0.3 is 0 Å². The molecule has 2 aliphatic heterocycles. The van der Waals surface area contributed by atoms with Crippen molar-refractivity contribution in [1.82, 2.24) is 15.3 Å². The highest BCUT2D eigenvalue weighted by Gasteiger charge is 2.31. The van der Waals surface area contributed by atoms with Crippen molar-refractivity contribution in [2.24, 2.45) is 0 Å². The van der Waals surface area contributed by atoms with E-state index in [4.69, 9.17) is 14.7 Å². The summed E-state index contributed by atoms with van der Waals surface area (Å²) in [4.78, 5) is 12.0. The molecule has 4 rings (SSSR count). The number of morpholine rings is 1. The molecule has 5 nitrogen and oxygen atoms in total. The number of nitrogens with zero attached hydrogens (tertiary/aromatic N) is 3. The van der Waals surface area contributed by atoms with Crippen LogP contribution < -0.4 is 10.2 Å². The lowest BCUT2D eigenvalue weighted by Crippen LogP contribution is -2.38. The van der Waals surface area contributed by atoms with Crippen LogP contribution in [0.3, 0.4) is 0 Å². The van der Waals surface area contributed by atoms with Gasteiger partial charge in [0.1, 0.15) is 0 Å². The number of rotatable bonds is 2. The average Bonchev–Trinajstić information content (AvgIpc) is 3.32. The molecule has 0 radical (unpaired) electrons. The van der Waals surface area contributed by atoms with E-state index in [0.29, 0.717) is 5.92 Å². The maximum Gasteiger partial charge on any atom is 0.225 e. The third-order valence-electron chi connectivity index (χ3n) is 4.21. The lowest BCUT2D eigenvalue weighted by molar-refractivity contribution is 0.122. The van der Waals surface area contributed by atoms with E-state index in [1.807, 2.05) is 0 Å². The number of hydrogen-bond acceptors (Lipinski definition) is 5. The van der Waals surface area contributed by atoms with Crippen LogP contribution in [0.1, 0.15) is 35.7 Å². The molecule has 1 saturated carbocycles. The van der Waals surface area contributed by atoms with Gasteiger partial charge in [0, 0.05) is 44.1 Å². The second-order valence-corrected chi connectivity index (χ2v) is 5.63. The Labute approximate surface area is 113 Å². The second-order valence-electron chi connectivity index (χ2n) is 5.63. The Morgan fingerprint density at radius 3 is 2.79 bits per heavy atom. The van der Waals surface area contributed by atoms with Crippen LogP contribution in [0.15, 0.2) is 0 Å². The fourth-order valence-electron chi connectivity index (χ4n) is 2.96. The minimum absolute atomic E-state index is 0.691. The van der Waals surface area contributed by atoms with Crippen molar-refractivity contribution >= 4 is 5.95 Å². The molecular weight excluding hydrogens is 240 g/mol. The quantitative estimate of drug-likeness (QED) is 0.854. The molecule has 0 amide bonds. The van der Waals surface area contributed by atoms with E-state index in [0.717, 1.165) is 51.8 Å². The number of fused-ring (bicyclic) bond motifs is 1. The second kappa shape index (κ2) is 4.72. The number of anilines is 1. The lowest BCUT2D eigenvalue weighted by Gasteiger charge is -2.29. The van der Waals surface area contributed by atoms with Gasteiger partial charge in [0.05, 0.1) is 24.6 Å². The third-order valence-corrected chi connectivity index (χ3v) is 4.21. The van der Waals surface area contributed by atoms with Crippen LogP contribution in [0.25, 0.3) is 0 Å². The van der Waals surface area contributed by atoms with Gasteiger partial charge in [-0.1, -0.05) is 0 Å². The highest BCUT2D eigenvalue weighted by molar-refractivity contribution is 5.41. The van der Waals surface area contributed by atoms with E-state index >= 15 is 0 Å². The number of ether oxygens (including phenoxy) is 1. The molecule has 1 saturated heterocycles. The zero-order valence-electron chi connectivity index (χ0n) is 11.2. The van der Waals surface area contributed by atoms with Gasteiger partial charge in [-0.3, -0.25) is 0 Å². The molecular formula is C14H20N4O. The number of hydrogen-bond donors (Lipinski definition) is 1. The van der Waals surface area contributed by atoms with Gasteiger partial charge in [-0.25, -0.2) is 9.97 Å². The largest absolute Gasteiger partial charge is 0.378 e. The van der Waals surface area contributed by atoms with E-state index in [1.165, 1.54) is 29.8 Å². The standard InChI is InChI=1S/C14H20N4O/c1-2-10(1)13-11-9-15-4-3-12(11)16-14(17-13)18-5-7-19-8-6-18/h10,15H,1-9H2. The molecule has 0 bridgehead atoms. The summed E-state index contributed by atoms with van der Waals surface area (Å²) in [6, 6.07) is 0. The van der Waals surface area contributed by atoms with Gasteiger partial charge in [0.15, 0.2) is 0 Å². The average molecular weight is 260 g/mol. The summed E-state index contributed by atoms with van der Waals surface area (Å²) in [7, 11) is 0. The van der Waals surface area contributed by atoms with Crippen molar-refractivity contribution in [3.63, 3.8) is 0 Å². The van der Waals surface area contributed by atoms with Gasteiger partial charge in [-0.15, -0.1) is 0 Å². The zero-order chi connectivity index (χ0) is 12.7. The molecule has 0 aromatic carbocycles. The first-order chi connectivity index (χ1) is 9.42. The highest BCUT2D eigenvalue weighted by Crippen LogP contribution is 2.42. The number of nitrogens with one attached hydrogen (secondary N) is 1.